The molecule has 1 aromatic carbocycles. The molecule has 2 aromatic rings. The number of benzene rings is 1. The van der Waals surface area contributed by atoms with Gasteiger partial charge in [-0.2, -0.15) is 0 Å². The van der Waals surface area contributed by atoms with Gasteiger partial charge in [-0.1, -0.05) is 29.1 Å². The second kappa shape index (κ2) is 7.33. The fraction of sp³-hybridized carbons (Fsp3) is 0.286. The van der Waals surface area contributed by atoms with Gasteiger partial charge in [0.1, 0.15) is 0 Å². The van der Waals surface area contributed by atoms with E-state index in [1.165, 1.54) is 0 Å². The molecule has 0 unspecified atom stereocenters. The molecule has 0 aliphatic heterocycles. The number of carbonyl (C=O) groups excluding carboxylic acids is 2. The van der Waals surface area contributed by atoms with Gasteiger partial charge in [-0.15, -0.1) is 5.10 Å². The van der Waals surface area contributed by atoms with Crippen molar-refractivity contribution in [1.82, 2.24) is 9.59 Å². The van der Waals surface area contributed by atoms with Crippen LogP contribution in [0, 0.1) is 6.92 Å². The maximum absolute atomic E-state index is 11.9. The summed E-state index contributed by atoms with van der Waals surface area (Å²) in [7, 11) is 0. The Kier molecular flexibility index (Phi) is 5.46. The number of nitrogens with zero attached hydrogens (tertiary/aromatic N) is 2. The molecule has 0 spiro atoms. The molecule has 1 heterocycles. The van der Waals surface area contributed by atoms with E-state index < -0.39 is 18.5 Å². The number of hydrogen-bond donors (Lipinski definition) is 1. The number of anilines is 1. The molecule has 1 N–H and O–H groups in total. The Bertz CT molecular complexity index is 702. The standard InChI is InChI=1S/C14H14ClN3O3S/c1-3-10-13(22-18-17-10)14(20)21-7-12(19)16-11-5-4-8(2)6-9(11)15/h4-6H,3,7H2,1-2H3,(H,16,19). The Balaban J connectivity index is 1.91. The van der Waals surface area contributed by atoms with Crippen LogP contribution in [0.4, 0.5) is 5.69 Å². The third-order valence-corrected chi connectivity index (χ3v) is 3.87. The van der Waals surface area contributed by atoms with Crippen molar-refractivity contribution in [2.75, 3.05) is 11.9 Å². The Morgan fingerprint density at radius 2 is 2.18 bits per heavy atom. The molecule has 0 saturated carbocycles. The van der Waals surface area contributed by atoms with Crippen LogP contribution in [0.3, 0.4) is 0 Å². The molecule has 0 aliphatic carbocycles. The van der Waals surface area contributed by atoms with Gasteiger partial charge in [-0.3, -0.25) is 4.79 Å². The number of nitrogens with one attached hydrogen (secondary N) is 1. The van der Waals surface area contributed by atoms with Gasteiger partial charge in [0.2, 0.25) is 0 Å². The van der Waals surface area contributed by atoms with E-state index in [0.717, 1.165) is 17.1 Å². The highest BCUT2D eigenvalue weighted by molar-refractivity contribution is 7.07. The number of carbonyl (C=O) groups is 2. The van der Waals surface area contributed by atoms with Gasteiger partial charge in [0.15, 0.2) is 11.5 Å². The van der Waals surface area contributed by atoms with Crippen LogP contribution in [-0.4, -0.2) is 28.1 Å². The van der Waals surface area contributed by atoms with E-state index >= 15 is 0 Å². The summed E-state index contributed by atoms with van der Waals surface area (Å²) < 4.78 is 8.66. The predicted molar refractivity (Wildman–Crippen MR) is 84.4 cm³/mol. The summed E-state index contributed by atoms with van der Waals surface area (Å²) in [5, 5.41) is 6.84. The zero-order valence-electron chi connectivity index (χ0n) is 12.1. The molecule has 1 aromatic heterocycles. The zero-order valence-corrected chi connectivity index (χ0v) is 13.6. The third-order valence-electron chi connectivity index (χ3n) is 2.81. The first-order chi connectivity index (χ1) is 10.5. The third kappa shape index (κ3) is 4.02. The van der Waals surface area contributed by atoms with Crippen LogP contribution >= 0.6 is 23.1 Å². The second-order valence-electron chi connectivity index (χ2n) is 4.51. The highest BCUT2D eigenvalue weighted by atomic mass is 35.5. The van der Waals surface area contributed by atoms with Crippen molar-refractivity contribution < 1.29 is 14.3 Å². The minimum absolute atomic E-state index is 0.323. The summed E-state index contributed by atoms with van der Waals surface area (Å²) in [6.07, 6.45) is 0.576. The number of esters is 1. The number of aromatic nitrogens is 2. The van der Waals surface area contributed by atoms with Crippen molar-refractivity contribution >= 4 is 40.7 Å². The lowest BCUT2D eigenvalue weighted by Gasteiger charge is -2.08. The molecule has 0 aliphatic rings. The van der Waals surface area contributed by atoms with Crippen LogP contribution in [0.1, 0.15) is 27.9 Å². The molecule has 1 amide bonds. The number of aryl methyl sites for hydroxylation is 2. The zero-order chi connectivity index (χ0) is 16.1. The van der Waals surface area contributed by atoms with Crippen molar-refractivity contribution in [3.63, 3.8) is 0 Å². The molecular weight excluding hydrogens is 326 g/mol. The van der Waals surface area contributed by atoms with E-state index in [9.17, 15) is 9.59 Å². The minimum atomic E-state index is -0.600. The fourth-order valence-corrected chi connectivity index (χ4v) is 2.63. The van der Waals surface area contributed by atoms with Gasteiger partial charge >= 0.3 is 5.97 Å². The lowest BCUT2D eigenvalue weighted by atomic mass is 10.2. The molecule has 8 heteroatoms. The molecular formula is C14H14ClN3O3S. The second-order valence-corrected chi connectivity index (χ2v) is 5.67. The van der Waals surface area contributed by atoms with Crippen LogP contribution in [0.25, 0.3) is 0 Å². The first kappa shape index (κ1) is 16.4. The maximum atomic E-state index is 11.9. The summed E-state index contributed by atoms with van der Waals surface area (Å²) in [6.45, 7) is 3.36. The Labute approximate surface area is 136 Å². The van der Waals surface area contributed by atoms with Crippen LogP contribution in [0.5, 0.6) is 0 Å². The normalized spacial score (nSPS) is 10.3. The minimum Gasteiger partial charge on any atom is -0.451 e. The van der Waals surface area contributed by atoms with Crippen LogP contribution < -0.4 is 5.32 Å². The average molecular weight is 340 g/mol. The number of amides is 1. The van der Waals surface area contributed by atoms with E-state index in [0.29, 0.717) is 27.7 Å². The van der Waals surface area contributed by atoms with Gasteiger partial charge in [0.05, 0.1) is 16.4 Å². The van der Waals surface area contributed by atoms with Crippen molar-refractivity contribution in [2.45, 2.75) is 20.3 Å². The fourth-order valence-electron chi connectivity index (χ4n) is 1.70. The van der Waals surface area contributed by atoms with Gasteiger partial charge < -0.3 is 10.1 Å². The average Bonchev–Trinajstić information content (AvgIpc) is 2.96. The smallest absolute Gasteiger partial charge is 0.352 e. The number of hydrogen-bond acceptors (Lipinski definition) is 6. The SMILES string of the molecule is CCc1nnsc1C(=O)OCC(=O)Nc1ccc(C)cc1Cl. The van der Waals surface area contributed by atoms with Crippen molar-refractivity contribution in [2.24, 2.45) is 0 Å². The lowest BCUT2D eigenvalue weighted by molar-refractivity contribution is -0.119. The molecule has 116 valence electrons. The number of rotatable bonds is 5. The highest BCUT2D eigenvalue weighted by Gasteiger charge is 2.18. The molecule has 22 heavy (non-hydrogen) atoms. The molecule has 0 saturated heterocycles. The summed E-state index contributed by atoms with van der Waals surface area (Å²) in [6, 6.07) is 5.25. The number of ether oxygens (including phenoxy) is 1. The summed E-state index contributed by atoms with van der Waals surface area (Å²) in [5.74, 6) is -1.06. The summed E-state index contributed by atoms with van der Waals surface area (Å²) >= 11 is 6.97. The monoisotopic (exact) mass is 339 g/mol. The van der Waals surface area contributed by atoms with Gasteiger partial charge in [0, 0.05) is 0 Å². The predicted octanol–water partition coefficient (Wildman–Crippen LogP) is 2.86. The van der Waals surface area contributed by atoms with Crippen molar-refractivity contribution in [3.8, 4) is 0 Å². The summed E-state index contributed by atoms with van der Waals surface area (Å²) in [5.41, 5.74) is 2.03. The van der Waals surface area contributed by atoms with Crippen molar-refractivity contribution in [1.29, 1.82) is 0 Å². The molecule has 6 nitrogen and oxygen atoms in total. The molecule has 0 radical (unpaired) electrons. The number of halogens is 1. The Hall–Kier alpha value is -1.99. The summed E-state index contributed by atoms with van der Waals surface area (Å²) in [4.78, 5) is 24.0. The lowest BCUT2D eigenvalue weighted by Crippen LogP contribution is -2.21. The van der Waals surface area contributed by atoms with E-state index in [1.54, 1.807) is 12.1 Å². The first-order valence-electron chi connectivity index (χ1n) is 6.55. The molecule has 0 atom stereocenters. The van der Waals surface area contributed by atoms with Gasteiger partial charge in [0.25, 0.3) is 5.91 Å². The topological polar surface area (TPSA) is 81.2 Å². The first-order valence-corrected chi connectivity index (χ1v) is 7.70. The maximum Gasteiger partial charge on any atom is 0.352 e. The Morgan fingerprint density at radius 1 is 1.41 bits per heavy atom. The van der Waals surface area contributed by atoms with Gasteiger partial charge in [-0.25, -0.2) is 4.79 Å². The largest absolute Gasteiger partial charge is 0.451 e. The quantitative estimate of drug-likeness (QED) is 0.847. The molecule has 0 bridgehead atoms. The van der Waals surface area contributed by atoms with Crippen LogP contribution in [0.2, 0.25) is 5.02 Å². The van der Waals surface area contributed by atoms with Gasteiger partial charge in [-0.05, 0) is 42.6 Å². The Morgan fingerprint density at radius 3 is 2.86 bits per heavy atom. The van der Waals surface area contributed by atoms with E-state index in [1.807, 2.05) is 19.9 Å². The molecule has 2 rings (SSSR count). The van der Waals surface area contributed by atoms with E-state index in [2.05, 4.69) is 14.9 Å². The van der Waals surface area contributed by atoms with Crippen LogP contribution in [-0.2, 0) is 16.0 Å². The van der Waals surface area contributed by atoms with Crippen LogP contribution in [0.15, 0.2) is 18.2 Å². The van der Waals surface area contributed by atoms with E-state index in [-0.39, 0.29) is 0 Å². The molecule has 0 fully saturated rings. The van der Waals surface area contributed by atoms with E-state index in [4.69, 9.17) is 16.3 Å². The van der Waals surface area contributed by atoms with Crippen molar-refractivity contribution in [3.05, 3.63) is 39.4 Å². The highest BCUT2D eigenvalue weighted by Crippen LogP contribution is 2.22.